The summed E-state index contributed by atoms with van der Waals surface area (Å²) in [5.41, 5.74) is 1.89. The fourth-order valence-corrected chi connectivity index (χ4v) is 2.13. The maximum atomic E-state index is 14.0. The molecule has 1 heterocycles. The summed E-state index contributed by atoms with van der Waals surface area (Å²) in [6, 6.07) is 4.91. The third-order valence-corrected chi connectivity index (χ3v) is 3.09. The van der Waals surface area contributed by atoms with Crippen LogP contribution in [0, 0.1) is 12.7 Å². The van der Waals surface area contributed by atoms with Gasteiger partial charge in [-0.15, -0.1) is 0 Å². The number of halogens is 1. The third-order valence-electron chi connectivity index (χ3n) is 3.09. The summed E-state index contributed by atoms with van der Waals surface area (Å²) in [6.07, 6.45) is 1.16. The SMILES string of the molecule is COc1cccc(CC(O)c2cn(C)nc2C)c1F. The molecule has 0 fully saturated rings. The highest BCUT2D eigenvalue weighted by atomic mass is 19.1. The zero-order valence-electron chi connectivity index (χ0n) is 11.2. The Morgan fingerprint density at radius 1 is 1.47 bits per heavy atom. The van der Waals surface area contributed by atoms with E-state index in [1.807, 2.05) is 6.92 Å². The molecule has 1 N–H and O–H groups in total. The van der Waals surface area contributed by atoms with Crippen molar-refractivity contribution in [2.24, 2.45) is 7.05 Å². The van der Waals surface area contributed by atoms with Crippen LogP contribution in [0.4, 0.5) is 4.39 Å². The molecule has 1 aromatic heterocycles. The molecule has 102 valence electrons. The number of hydrogen-bond donors (Lipinski definition) is 1. The Kier molecular flexibility index (Phi) is 3.85. The minimum atomic E-state index is -0.782. The van der Waals surface area contributed by atoms with Crippen molar-refractivity contribution in [1.82, 2.24) is 9.78 Å². The molecule has 0 saturated carbocycles. The molecule has 0 amide bonds. The molecule has 0 spiro atoms. The summed E-state index contributed by atoms with van der Waals surface area (Å²) in [7, 11) is 3.21. The molecule has 1 unspecified atom stereocenters. The van der Waals surface area contributed by atoms with Crippen molar-refractivity contribution < 1.29 is 14.2 Å². The van der Waals surface area contributed by atoms with Crippen molar-refractivity contribution in [2.75, 3.05) is 7.11 Å². The first kappa shape index (κ1) is 13.5. The van der Waals surface area contributed by atoms with Gasteiger partial charge in [0.25, 0.3) is 0 Å². The van der Waals surface area contributed by atoms with Gasteiger partial charge in [-0.05, 0) is 18.6 Å². The summed E-state index contributed by atoms with van der Waals surface area (Å²) < 4.78 is 20.6. The van der Waals surface area contributed by atoms with Crippen LogP contribution in [0.5, 0.6) is 5.75 Å². The Labute approximate surface area is 111 Å². The minimum Gasteiger partial charge on any atom is -0.494 e. The molecular formula is C14H17FN2O2. The van der Waals surface area contributed by atoms with E-state index in [-0.39, 0.29) is 12.2 Å². The van der Waals surface area contributed by atoms with Gasteiger partial charge in [0, 0.05) is 25.2 Å². The molecule has 0 aliphatic rings. The molecule has 2 aromatic rings. The van der Waals surface area contributed by atoms with Crippen molar-refractivity contribution in [3.63, 3.8) is 0 Å². The first-order chi connectivity index (χ1) is 9.02. The monoisotopic (exact) mass is 264 g/mol. The number of aromatic nitrogens is 2. The maximum Gasteiger partial charge on any atom is 0.168 e. The highest BCUT2D eigenvalue weighted by Crippen LogP contribution is 2.26. The lowest BCUT2D eigenvalue weighted by molar-refractivity contribution is 0.176. The summed E-state index contributed by atoms with van der Waals surface area (Å²) >= 11 is 0. The molecule has 1 atom stereocenters. The van der Waals surface area contributed by atoms with Gasteiger partial charge in [0.1, 0.15) is 0 Å². The fourth-order valence-electron chi connectivity index (χ4n) is 2.13. The number of methoxy groups -OCH3 is 1. The lowest BCUT2D eigenvalue weighted by Crippen LogP contribution is -2.05. The van der Waals surface area contributed by atoms with Gasteiger partial charge >= 0.3 is 0 Å². The van der Waals surface area contributed by atoms with Gasteiger partial charge in [-0.25, -0.2) is 4.39 Å². The number of benzene rings is 1. The summed E-state index contributed by atoms with van der Waals surface area (Å²) in [6.45, 7) is 1.82. The smallest absolute Gasteiger partial charge is 0.168 e. The third kappa shape index (κ3) is 2.76. The lowest BCUT2D eigenvalue weighted by atomic mass is 10.0. The summed E-state index contributed by atoms with van der Waals surface area (Å²) in [5.74, 6) is -0.238. The van der Waals surface area contributed by atoms with Gasteiger partial charge in [0.05, 0.1) is 18.9 Å². The molecule has 5 heteroatoms. The fraction of sp³-hybridized carbons (Fsp3) is 0.357. The van der Waals surface area contributed by atoms with Gasteiger partial charge in [0.2, 0.25) is 0 Å². The number of aryl methyl sites for hydroxylation is 2. The molecule has 0 aliphatic heterocycles. The van der Waals surface area contributed by atoms with Crippen molar-refractivity contribution in [1.29, 1.82) is 0 Å². The second-order valence-electron chi connectivity index (χ2n) is 4.50. The first-order valence-corrected chi connectivity index (χ1v) is 6.02. The number of hydrogen-bond acceptors (Lipinski definition) is 3. The molecule has 0 bridgehead atoms. The van der Waals surface area contributed by atoms with E-state index in [1.165, 1.54) is 7.11 Å². The maximum absolute atomic E-state index is 14.0. The van der Waals surface area contributed by atoms with E-state index in [4.69, 9.17) is 4.74 Å². The molecule has 1 aromatic carbocycles. The first-order valence-electron chi connectivity index (χ1n) is 6.02. The van der Waals surface area contributed by atoms with Crippen molar-refractivity contribution in [2.45, 2.75) is 19.4 Å². The standard InChI is InChI=1S/C14H17FN2O2/c1-9-11(8-17(2)16-9)12(18)7-10-5-4-6-13(19-3)14(10)15/h4-6,8,12,18H,7H2,1-3H3. The number of aliphatic hydroxyl groups is 1. The Hall–Kier alpha value is -1.88. The van der Waals surface area contributed by atoms with E-state index in [0.717, 1.165) is 5.69 Å². The Bertz CT molecular complexity index is 581. The average Bonchev–Trinajstić information content (AvgIpc) is 2.71. The van der Waals surface area contributed by atoms with E-state index in [9.17, 15) is 9.50 Å². The average molecular weight is 264 g/mol. The van der Waals surface area contributed by atoms with Crippen LogP contribution >= 0.6 is 0 Å². The van der Waals surface area contributed by atoms with E-state index in [0.29, 0.717) is 11.1 Å². The normalized spacial score (nSPS) is 12.5. The van der Waals surface area contributed by atoms with Gasteiger partial charge in [-0.2, -0.15) is 5.10 Å². The molecule has 0 saturated heterocycles. The van der Waals surface area contributed by atoms with Crippen LogP contribution in [-0.2, 0) is 13.5 Å². The van der Waals surface area contributed by atoms with Crippen LogP contribution < -0.4 is 4.74 Å². The quantitative estimate of drug-likeness (QED) is 0.920. The van der Waals surface area contributed by atoms with Crippen LogP contribution in [0.1, 0.15) is 22.9 Å². The van der Waals surface area contributed by atoms with Gasteiger partial charge < -0.3 is 9.84 Å². The number of ether oxygens (including phenoxy) is 1. The van der Waals surface area contributed by atoms with Gasteiger partial charge in [-0.1, -0.05) is 12.1 Å². The van der Waals surface area contributed by atoms with Crippen LogP contribution in [0.25, 0.3) is 0 Å². The topological polar surface area (TPSA) is 47.3 Å². The second kappa shape index (κ2) is 5.40. The zero-order valence-corrected chi connectivity index (χ0v) is 11.2. The molecule has 4 nitrogen and oxygen atoms in total. The number of aliphatic hydroxyl groups excluding tert-OH is 1. The Morgan fingerprint density at radius 3 is 2.79 bits per heavy atom. The van der Waals surface area contributed by atoms with Crippen molar-refractivity contribution in [3.8, 4) is 5.75 Å². The second-order valence-corrected chi connectivity index (χ2v) is 4.50. The molecule has 0 aliphatic carbocycles. The number of rotatable bonds is 4. The van der Waals surface area contributed by atoms with E-state index < -0.39 is 11.9 Å². The van der Waals surface area contributed by atoms with Crippen LogP contribution in [0.15, 0.2) is 24.4 Å². The molecular weight excluding hydrogens is 247 g/mol. The minimum absolute atomic E-state index is 0.188. The summed E-state index contributed by atoms with van der Waals surface area (Å²) in [5, 5.41) is 14.4. The Morgan fingerprint density at radius 2 is 2.21 bits per heavy atom. The molecule has 19 heavy (non-hydrogen) atoms. The zero-order chi connectivity index (χ0) is 14.0. The van der Waals surface area contributed by atoms with E-state index in [2.05, 4.69) is 5.10 Å². The lowest BCUT2D eigenvalue weighted by Gasteiger charge is -2.12. The number of nitrogens with zero attached hydrogens (tertiary/aromatic N) is 2. The Balaban J connectivity index is 2.24. The predicted octanol–water partition coefficient (Wildman–Crippen LogP) is 2.15. The molecule has 0 radical (unpaired) electrons. The van der Waals surface area contributed by atoms with Crippen LogP contribution in [0.2, 0.25) is 0 Å². The van der Waals surface area contributed by atoms with Crippen molar-refractivity contribution >= 4 is 0 Å². The van der Waals surface area contributed by atoms with Crippen LogP contribution in [0.3, 0.4) is 0 Å². The van der Waals surface area contributed by atoms with Gasteiger partial charge in [-0.3, -0.25) is 4.68 Å². The molecule has 2 rings (SSSR count). The van der Waals surface area contributed by atoms with Crippen molar-refractivity contribution in [3.05, 3.63) is 47.0 Å². The highest BCUT2D eigenvalue weighted by Gasteiger charge is 2.17. The summed E-state index contributed by atoms with van der Waals surface area (Å²) in [4.78, 5) is 0. The highest BCUT2D eigenvalue weighted by molar-refractivity contribution is 5.32. The van der Waals surface area contributed by atoms with Crippen LogP contribution in [-0.4, -0.2) is 22.0 Å². The predicted molar refractivity (Wildman–Crippen MR) is 69.6 cm³/mol. The largest absolute Gasteiger partial charge is 0.494 e. The van der Waals surface area contributed by atoms with Gasteiger partial charge in [0.15, 0.2) is 11.6 Å². The van der Waals surface area contributed by atoms with E-state index >= 15 is 0 Å². The van der Waals surface area contributed by atoms with E-state index in [1.54, 1.807) is 36.1 Å².